The van der Waals surface area contributed by atoms with E-state index in [2.05, 4.69) is 15.1 Å². The van der Waals surface area contributed by atoms with Gasteiger partial charge in [0, 0.05) is 30.7 Å². The summed E-state index contributed by atoms with van der Waals surface area (Å²) in [5, 5.41) is 11.6. The van der Waals surface area contributed by atoms with Crippen LogP contribution < -0.4 is 10.6 Å². The van der Waals surface area contributed by atoms with E-state index >= 15 is 0 Å². The van der Waals surface area contributed by atoms with Crippen molar-refractivity contribution in [2.24, 2.45) is 10.9 Å². The second-order valence-corrected chi connectivity index (χ2v) is 4.03. The maximum absolute atomic E-state index is 12.2. The number of hydrogen-bond donors (Lipinski definition) is 2. The van der Waals surface area contributed by atoms with E-state index in [1.165, 1.54) is 23.6 Å². The van der Waals surface area contributed by atoms with E-state index in [4.69, 9.17) is 10.9 Å². The molecule has 0 aliphatic heterocycles. The largest absolute Gasteiger partial charge is 0.409 e. The van der Waals surface area contributed by atoms with Gasteiger partial charge in [-0.2, -0.15) is 0 Å². The number of aromatic nitrogens is 2. The zero-order valence-electron chi connectivity index (χ0n) is 10.8. The molecule has 7 nitrogen and oxygen atoms in total. The fourth-order valence-corrected chi connectivity index (χ4v) is 1.65. The predicted octanol–water partition coefficient (Wildman–Crippen LogP) is 0.848. The first-order valence-electron chi connectivity index (χ1n) is 5.74. The van der Waals surface area contributed by atoms with Crippen molar-refractivity contribution in [3.63, 3.8) is 0 Å². The molecule has 0 saturated carbocycles. The van der Waals surface area contributed by atoms with Crippen molar-refractivity contribution in [2.75, 3.05) is 11.9 Å². The maximum Gasteiger partial charge on any atom is 0.261 e. The average Bonchev–Trinajstić information content (AvgIpc) is 2.53. The van der Waals surface area contributed by atoms with Gasteiger partial charge < -0.3 is 15.8 Å². The fourth-order valence-electron chi connectivity index (χ4n) is 1.65. The van der Waals surface area contributed by atoms with Gasteiger partial charge >= 0.3 is 0 Å². The summed E-state index contributed by atoms with van der Waals surface area (Å²) >= 11 is 0. The number of carbonyl (C=O) groups excluding carboxylic acids is 1. The molecule has 1 aromatic carbocycles. The van der Waals surface area contributed by atoms with Crippen LogP contribution in [0.15, 0.2) is 48.1 Å². The molecule has 0 atom stereocenters. The van der Waals surface area contributed by atoms with Crippen LogP contribution in [0.4, 0.5) is 5.69 Å². The zero-order valence-corrected chi connectivity index (χ0v) is 10.8. The van der Waals surface area contributed by atoms with Crippen LogP contribution in [0, 0.1) is 0 Å². The Kier molecular flexibility index (Phi) is 3.90. The zero-order chi connectivity index (χ0) is 14.5. The molecule has 2 aromatic rings. The van der Waals surface area contributed by atoms with Gasteiger partial charge in [0.1, 0.15) is 6.33 Å². The SMILES string of the molecule is CN(C(=O)c1cncnc1)c1cccc(/C(N)=N/O)c1. The molecule has 20 heavy (non-hydrogen) atoms. The van der Waals surface area contributed by atoms with Crippen LogP contribution in [-0.4, -0.2) is 34.0 Å². The van der Waals surface area contributed by atoms with E-state index in [-0.39, 0.29) is 11.7 Å². The van der Waals surface area contributed by atoms with Crippen molar-refractivity contribution in [2.45, 2.75) is 0 Å². The Labute approximate surface area is 115 Å². The van der Waals surface area contributed by atoms with Gasteiger partial charge in [0.25, 0.3) is 5.91 Å². The smallest absolute Gasteiger partial charge is 0.261 e. The molecule has 0 unspecified atom stereocenters. The fraction of sp³-hybridized carbons (Fsp3) is 0.0769. The Bertz CT molecular complexity index is 642. The first kappa shape index (κ1) is 13.5. The summed E-state index contributed by atoms with van der Waals surface area (Å²) in [7, 11) is 1.63. The molecule has 0 aliphatic rings. The highest BCUT2D eigenvalue weighted by atomic mass is 16.4. The number of oxime groups is 1. The highest BCUT2D eigenvalue weighted by molar-refractivity contribution is 6.06. The molecule has 0 saturated heterocycles. The summed E-state index contributed by atoms with van der Waals surface area (Å²) in [6.07, 6.45) is 4.24. The highest BCUT2D eigenvalue weighted by Gasteiger charge is 2.14. The minimum atomic E-state index is -0.248. The van der Waals surface area contributed by atoms with Crippen molar-refractivity contribution in [1.82, 2.24) is 9.97 Å². The number of hydrogen-bond acceptors (Lipinski definition) is 5. The second kappa shape index (κ2) is 5.79. The molecule has 2 rings (SSSR count). The van der Waals surface area contributed by atoms with Gasteiger partial charge in [-0.25, -0.2) is 9.97 Å². The Morgan fingerprint density at radius 2 is 2.00 bits per heavy atom. The van der Waals surface area contributed by atoms with Gasteiger partial charge in [-0.3, -0.25) is 4.79 Å². The van der Waals surface area contributed by atoms with E-state index in [9.17, 15) is 4.79 Å². The minimum Gasteiger partial charge on any atom is -0.409 e. The Morgan fingerprint density at radius 3 is 2.65 bits per heavy atom. The van der Waals surface area contributed by atoms with E-state index in [0.717, 1.165) is 0 Å². The van der Waals surface area contributed by atoms with Gasteiger partial charge in [-0.1, -0.05) is 17.3 Å². The van der Waals surface area contributed by atoms with Crippen molar-refractivity contribution >= 4 is 17.4 Å². The molecule has 1 heterocycles. The third kappa shape index (κ3) is 2.72. The van der Waals surface area contributed by atoms with E-state index in [0.29, 0.717) is 16.8 Å². The summed E-state index contributed by atoms with van der Waals surface area (Å²) < 4.78 is 0. The third-order valence-corrected chi connectivity index (χ3v) is 2.75. The molecule has 3 N–H and O–H groups in total. The van der Waals surface area contributed by atoms with Crippen LogP contribution in [0.3, 0.4) is 0 Å². The summed E-state index contributed by atoms with van der Waals surface area (Å²) in [5.74, 6) is -0.266. The minimum absolute atomic E-state index is 0.0178. The molecule has 1 aromatic heterocycles. The topological polar surface area (TPSA) is 105 Å². The number of amides is 1. The monoisotopic (exact) mass is 271 g/mol. The van der Waals surface area contributed by atoms with Crippen LogP contribution in [-0.2, 0) is 0 Å². The molecule has 102 valence electrons. The van der Waals surface area contributed by atoms with Crippen LogP contribution in [0.5, 0.6) is 0 Å². The van der Waals surface area contributed by atoms with Gasteiger partial charge in [-0.15, -0.1) is 0 Å². The number of rotatable bonds is 3. The lowest BCUT2D eigenvalue weighted by Gasteiger charge is -2.17. The molecule has 0 radical (unpaired) electrons. The second-order valence-electron chi connectivity index (χ2n) is 4.03. The quantitative estimate of drug-likeness (QED) is 0.372. The molecular weight excluding hydrogens is 258 g/mol. The Balaban J connectivity index is 2.30. The lowest BCUT2D eigenvalue weighted by molar-refractivity contribution is 0.0992. The van der Waals surface area contributed by atoms with E-state index in [1.807, 2.05) is 0 Å². The highest BCUT2D eigenvalue weighted by Crippen LogP contribution is 2.16. The lowest BCUT2D eigenvalue weighted by Crippen LogP contribution is -2.27. The first-order chi connectivity index (χ1) is 9.63. The molecule has 0 bridgehead atoms. The number of anilines is 1. The van der Waals surface area contributed by atoms with Gasteiger partial charge in [0.05, 0.1) is 5.56 Å². The predicted molar refractivity (Wildman–Crippen MR) is 73.7 cm³/mol. The molecule has 0 fully saturated rings. The van der Waals surface area contributed by atoms with Crippen LogP contribution in [0.2, 0.25) is 0 Å². The standard InChI is InChI=1S/C13H13N5O2/c1-18(13(19)10-6-15-8-16-7-10)11-4-2-3-9(5-11)12(14)17-20/h2-8,20H,1H3,(H2,14,17). The van der Waals surface area contributed by atoms with Gasteiger partial charge in [0.2, 0.25) is 0 Å². The van der Waals surface area contributed by atoms with Gasteiger partial charge in [0.15, 0.2) is 5.84 Å². The average molecular weight is 271 g/mol. The van der Waals surface area contributed by atoms with Crippen LogP contribution in [0.25, 0.3) is 0 Å². The number of nitrogens with two attached hydrogens (primary N) is 1. The van der Waals surface area contributed by atoms with Crippen molar-refractivity contribution < 1.29 is 10.0 Å². The molecule has 0 spiro atoms. The molecular formula is C13H13N5O2. The third-order valence-electron chi connectivity index (χ3n) is 2.75. The summed E-state index contributed by atoms with van der Waals surface area (Å²) in [5.41, 5.74) is 7.04. The van der Waals surface area contributed by atoms with E-state index in [1.54, 1.807) is 31.3 Å². The molecule has 7 heteroatoms. The van der Waals surface area contributed by atoms with Crippen molar-refractivity contribution in [3.05, 3.63) is 54.1 Å². The van der Waals surface area contributed by atoms with Crippen molar-refractivity contribution in [3.8, 4) is 0 Å². The Hall–Kier alpha value is -2.96. The maximum atomic E-state index is 12.2. The summed E-state index contributed by atoms with van der Waals surface area (Å²) in [6.45, 7) is 0. The van der Waals surface area contributed by atoms with E-state index < -0.39 is 0 Å². The Morgan fingerprint density at radius 1 is 1.30 bits per heavy atom. The summed E-state index contributed by atoms with van der Waals surface area (Å²) in [4.78, 5) is 21.3. The number of amidine groups is 1. The lowest BCUT2D eigenvalue weighted by atomic mass is 10.1. The molecule has 1 amide bonds. The number of benzene rings is 1. The normalized spacial score (nSPS) is 11.2. The van der Waals surface area contributed by atoms with Gasteiger partial charge in [-0.05, 0) is 12.1 Å². The summed E-state index contributed by atoms with van der Waals surface area (Å²) in [6, 6.07) is 6.79. The first-order valence-corrected chi connectivity index (χ1v) is 5.74. The molecule has 0 aliphatic carbocycles. The van der Waals surface area contributed by atoms with Crippen LogP contribution in [0.1, 0.15) is 15.9 Å². The van der Waals surface area contributed by atoms with Crippen LogP contribution >= 0.6 is 0 Å². The number of nitrogens with zero attached hydrogens (tertiary/aromatic N) is 4. The number of carbonyl (C=O) groups is 1. The van der Waals surface area contributed by atoms with Crippen molar-refractivity contribution in [1.29, 1.82) is 0 Å².